The van der Waals surface area contributed by atoms with Crippen molar-refractivity contribution in [2.24, 2.45) is 5.92 Å². The van der Waals surface area contributed by atoms with E-state index in [4.69, 9.17) is 0 Å². The number of rotatable bonds is 7. The number of nitrogens with zero attached hydrogens (tertiary/aromatic N) is 2. The van der Waals surface area contributed by atoms with E-state index in [-0.39, 0.29) is 0 Å². The molecule has 0 fully saturated rings. The second-order valence-corrected chi connectivity index (χ2v) is 5.73. The summed E-state index contributed by atoms with van der Waals surface area (Å²) in [6.45, 7) is 7.57. The molecule has 0 spiro atoms. The van der Waals surface area contributed by atoms with Gasteiger partial charge in [-0.15, -0.1) is 0 Å². The first-order chi connectivity index (χ1) is 9.66. The van der Waals surface area contributed by atoms with Crippen LogP contribution in [0.25, 0.3) is 5.69 Å². The largest absolute Gasteiger partial charge is 0.355 e. The van der Waals surface area contributed by atoms with E-state index in [9.17, 15) is 0 Å². The van der Waals surface area contributed by atoms with Crippen molar-refractivity contribution in [3.05, 3.63) is 42.2 Å². The van der Waals surface area contributed by atoms with Crippen molar-refractivity contribution in [1.29, 1.82) is 0 Å². The van der Waals surface area contributed by atoms with Crippen LogP contribution in [0.5, 0.6) is 0 Å². The van der Waals surface area contributed by atoms with Gasteiger partial charge in [0.25, 0.3) is 0 Å². The van der Waals surface area contributed by atoms with Crippen molar-refractivity contribution >= 4 is 5.95 Å². The zero-order valence-electron chi connectivity index (χ0n) is 12.8. The van der Waals surface area contributed by atoms with E-state index < -0.39 is 0 Å². The van der Waals surface area contributed by atoms with Crippen molar-refractivity contribution in [2.45, 2.75) is 40.0 Å². The summed E-state index contributed by atoms with van der Waals surface area (Å²) in [4.78, 5) is 4.57. The average Bonchev–Trinajstić information content (AvgIpc) is 2.80. The Hall–Kier alpha value is -1.77. The molecule has 0 saturated carbocycles. The maximum atomic E-state index is 4.57. The molecule has 0 saturated heterocycles. The summed E-state index contributed by atoms with van der Waals surface area (Å²) < 4.78 is 2.12. The van der Waals surface area contributed by atoms with Gasteiger partial charge in [-0.1, -0.05) is 44.9 Å². The molecule has 1 aromatic heterocycles. The van der Waals surface area contributed by atoms with Crippen molar-refractivity contribution in [3.63, 3.8) is 0 Å². The lowest BCUT2D eigenvalue weighted by molar-refractivity contribution is 0.544. The van der Waals surface area contributed by atoms with Crippen LogP contribution in [0, 0.1) is 12.8 Å². The first-order valence-electron chi connectivity index (χ1n) is 7.52. The van der Waals surface area contributed by atoms with Gasteiger partial charge in [-0.2, -0.15) is 0 Å². The molecule has 0 aliphatic rings. The Morgan fingerprint density at radius 2 is 1.90 bits per heavy atom. The second kappa shape index (κ2) is 7.13. The van der Waals surface area contributed by atoms with Crippen LogP contribution in [0.4, 0.5) is 5.95 Å². The van der Waals surface area contributed by atoms with Gasteiger partial charge in [0.2, 0.25) is 5.95 Å². The molecule has 2 rings (SSSR count). The van der Waals surface area contributed by atoms with E-state index in [1.54, 1.807) is 0 Å². The lowest BCUT2D eigenvalue weighted by atomic mass is 10.1. The van der Waals surface area contributed by atoms with Crippen LogP contribution in [0.3, 0.4) is 0 Å². The molecule has 3 heteroatoms. The van der Waals surface area contributed by atoms with E-state index in [1.165, 1.54) is 19.3 Å². The standard InChI is InChI=1S/C17H25N3/c1-14(2)9-7-8-12-18-17-19-15(3)13-20(17)16-10-5-4-6-11-16/h4-6,10-11,13-14H,7-9,12H2,1-3H3,(H,18,19). The highest BCUT2D eigenvalue weighted by molar-refractivity contribution is 5.42. The molecule has 2 aromatic rings. The van der Waals surface area contributed by atoms with Gasteiger partial charge in [-0.3, -0.25) is 4.57 Å². The van der Waals surface area contributed by atoms with E-state index in [0.29, 0.717) is 0 Å². The van der Waals surface area contributed by atoms with Crippen molar-refractivity contribution in [1.82, 2.24) is 9.55 Å². The SMILES string of the molecule is Cc1cn(-c2ccccc2)c(NCCCCC(C)C)n1. The lowest BCUT2D eigenvalue weighted by Crippen LogP contribution is -2.07. The smallest absolute Gasteiger partial charge is 0.207 e. The maximum Gasteiger partial charge on any atom is 0.207 e. The third kappa shape index (κ3) is 4.12. The Bertz CT molecular complexity index is 514. The molecule has 0 radical (unpaired) electrons. The third-order valence-electron chi connectivity index (χ3n) is 3.35. The zero-order valence-corrected chi connectivity index (χ0v) is 12.8. The number of imidazole rings is 1. The van der Waals surface area contributed by atoms with Crippen LogP contribution < -0.4 is 5.32 Å². The molecular weight excluding hydrogens is 246 g/mol. The van der Waals surface area contributed by atoms with Crippen molar-refractivity contribution in [2.75, 3.05) is 11.9 Å². The highest BCUT2D eigenvalue weighted by atomic mass is 15.2. The lowest BCUT2D eigenvalue weighted by Gasteiger charge is -2.10. The molecule has 1 N–H and O–H groups in total. The van der Waals surface area contributed by atoms with Gasteiger partial charge in [0.05, 0.1) is 5.69 Å². The molecule has 1 aromatic carbocycles. The number of para-hydroxylation sites is 1. The van der Waals surface area contributed by atoms with Gasteiger partial charge in [0.1, 0.15) is 0 Å². The Kier molecular flexibility index (Phi) is 5.22. The number of benzene rings is 1. The van der Waals surface area contributed by atoms with E-state index in [2.05, 4.69) is 59.2 Å². The van der Waals surface area contributed by atoms with Crippen LogP contribution in [-0.4, -0.2) is 16.1 Å². The second-order valence-electron chi connectivity index (χ2n) is 5.73. The molecular formula is C17H25N3. The average molecular weight is 271 g/mol. The van der Waals surface area contributed by atoms with Crippen LogP contribution in [0.2, 0.25) is 0 Å². The van der Waals surface area contributed by atoms with Crippen molar-refractivity contribution in [3.8, 4) is 5.69 Å². The predicted molar refractivity (Wildman–Crippen MR) is 85.5 cm³/mol. The maximum absolute atomic E-state index is 4.57. The molecule has 0 aliphatic heterocycles. The quantitative estimate of drug-likeness (QED) is 0.755. The van der Waals surface area contributed by atoms with Crippen LogP contribution in [-0.2, 0) is 0 Å². The van der Waals surface area contributed by atoms with E-state index >= 15 is 0 Å². The first-order valence-corrected chi connectivity index (χ1v) is 7.52. The topological polar surface area (TPSA) is 29.9 Å². The number of unbranched alkanes of at least 4 members (excludes halogenated alkanes) is 1. The molecule has 0 aliphatic carbocycles. The summed E-state index contributed by atoms with van der Waals surface area (Å²) in [5.41, 5.74) is 2.19. The number of hydrogen-bond acceptors (Lipinski definition) is 2. The van der Waals surface area contributed by atoms with Gasteiger partial charge >= 0.3 is 0 Å². The fourth-order valence-corrected chi connectivity index (χ4v) is 2.29. The normalized spacial score (nSPS) is 11.0. The van der Waals surface area contributed by atoms with E-state index in [1.807, 2.05) is 13.0 Å². The Balaban J connectivity index is 1.95. The molecule has 3 nitrogen and oxygen atoms in total. The fourth-order valence-electron chi connectivity index (χ4n) is 2.29. The monoisotopic (exact) mass is 271 g/mol. The predicted octanol–water partition coefficient (Wildman–Crippen LogP) is 4.42. The summed E-state index contributed by atoms with van der Waals surface area (Å²) in [7, 11) is 0. The number of hydrogen-bond donors (Lipinski definition) is 1. The molecule has 108 valence electrons. The molecule has 0 unspecified atom stereocenters. The zero-order chi connectivity index (χ0) is 14.4. The highest BCUT2D eigenvalue weighted by Gasteiger charge is 2.06. The van der Waals surface area contributed by atoms with Gasteiger partial charge in [-0.25, -0.2) is 4.98 Å². The summed E-state index contributed by atoms with van der Waals surface area (Å²) in [6.07, 6.45) is 5.84. The number of aromatic nitrogens is 2. The molecule has 0 atom stereocenters. The number of anilines is 1. The Labute approximate surface area is 122 Å². The van der Waals surface area contributed by atoms with Gasteiger partial charge < -0.3 is 5.32 Å². The molecule has 0 amide bonds. The minimum atomic E-state index is 0.795. The fraction of sp³-hybridized carbons (Fsp3) is 0.471. The van der Waals surface area contributed by atoms with Crippen LogP contribution in [0.15, 0.2) is 36.5 Å². The minimum Gasteiger partial charge on any atom is -0.355 e. The summed E-state index contributed by atoms with van der Waals surface area (Å²) in [6, 6.07) is 10.3. The van der Waals surface area contributed by atoms with Gasteiger partial charge in [0, 0.05) is 18.4 Å². The van der Waals surface area contributed by atoms with Crippen LogP contribution in [0.1, 0.15) is 38.8 Å². The van der Waals surface area contributed by atoms with Crippen molar-refractivity contribution < 1.29 is 0 Å². The van der Waals surface area contributed by atoms with Gasteiger partial charge in [0.15, 0.2) is 0 Å². The van der Waals surface area contributed by atoms with E-state index in [0.717, 1.165) is 29.8 Å². The third-order valence-corrected chi connectivity index (χ3v) is 3.35. The number of nitrogens with one attached hydrogen (secondary N) is 1. The Morgan fingerprint density at radius 3 is 2.60 bits per heavy atom. The molecule has 0 bridgehead atoms. The van der Waals surface area contributed by atoms with Gasteiger partial charge in [-0.05, 0) is 31.4 Å². The summed E-state index contributed by atoms with van der Waals surface area (Å²) in [5, 5.41) is 3.46. The Morgan fingerprint density at radius 1 is 1.15 bits per heavy atom. The highest BCUT2D eigenvalue weighted by Crippen LogP contribution is 2.16. The molecule has 1 heterocycles. The summed E-state index contributed by atoms with van der Waals surface area (Å²) in [5.74, 6) is 1.74. The van der Waals surface area contributed by atoms with Crippen LogP contribution >= 0.6 is 0 Å². The summed E-state index contributed by atoms with van der Waals surface area (Å²) >= 11 is 0. The number of aryl methyl sites for hydroxylation is 1. The molecule has 20 heavy (non-hydrogen) atoms. The first kappa shape index (κ1) is 14.6. The minimum absolute atomic E-state index is 0.795.